The number of pyridine rings is 2. The van der Waals surface area contributed by atoms with Crippen LogP contribution in [0.3, 0.4) is 0 Å². The van der Waals surface area contributed by atoms with E-state index >= 15 is 0 Å². The quantitative estimate of drug-likeness (QED) is 0.566. The molecule has 0 aliphatic heterocycles. The second kappa shape index (κ2) is 4.00. The molecule has 2 rings (SSSR count). The molecule has 0 bridgehead atoms. The Morgan fingerprint density at radius 3 is 1.88 bits per heavy atom. The van der Waals surface area contributed by atoms with Crippen molar-refractivity contribution in [3.05, 3.63) is 58.3 Å². The molecule has 3 nitrogen and oxygen atoms in total. The zero-order valence-corrected chi connectivity index (χ0v) is 8.12. The summed E-state index contributed by atoms with van der Waals surface area (Å²) in [5, 5.41) is 0. The number of nitrogens with zero attached hydrogens (tertiary/aromatic N) is 2. The van der Waals surface area contributed by atoms with E-state index in [0.29, 0.717) is 0 Å². The summed E-state index contributed by atoms with van der Waals surface area (Å²) in [5.74, 6) is -6.77. The van der Waals surface area contributed by atoms with Crippen LogP contribution in [0.2, 0.25) is 0 Å². The zero-order valence-electron chi connectivity index (χ0n) is 8.12. The molecular formula is C10H4F4N2O. The summed E-state index contributed by atoms with van der Waals surface area (Å²) in [5.41, 5.74) is -1.37. The monoisotopic (exact) mass is 244 g/mol. The highest BCUT2D eigenvalue weighted by molar-refractivity contribution is 5.34. The molecule has 2 aromatic rings. The van der Waals surface area contributed by atoms with Gasteiger partial charge in [-0.2, -0.15) is 22.5 Å². The van der Waals surface area contributed by atoms with E-state index in [0.717, 1.165) is 29.1 Å². The zero-order chi connectivity index (χ0) is 12.6. The summed E-state index contributed by atoms with van der Waals surface area (Å²) in [4.78, 5) is 13.2. The molecule has 0 aliphatic carbocycles. The molecule has 0 fully saturated rings. The lowest BCUT2D eigenvalue weighted by Crippen LogP contribution is -2.10. The van der Waals surface area contributed by atoms with Gasteiger partial charge < -0.3 is 4.57 Å². The third kappa shape index (κ3) is 1.91. The van der Waals surface area contributed by atoms with Crippen molar-refractivity contribution in [2.75, 3.05) is 0 Å². The van der Waals surface area contributed by atoms with Crippen LogP contribution in [0.25, 0.3) is 5.69 Å². The van der Waals surface area contributed by atoms with Crippen LogP contribution in [0.4, 0.5) is 17.6 Å². The third-order valence-corrected chi connectivity index (χ3v) is 2.03. The summed E-state index contributed by atoms with van der Waals surface area (Å²) in [6.07, 6.45) is 1.98. The molecule has 0 aliphatic rings. The lowest BCUT2D eigenvalue weighted by atomic mass is 10.3. The Morgan fingerprint density at radius 1 is 0.941 bits per heavy atom. The first-order valence-corrected chi connectivity index (χ1v) is 4.39. The fraction of sp³-hybridized carbons (Fsp3) is 0. The van der Waals surface area contributed by atoms with Crippen LogP contribution in [-0.4, -0.2) is 9.55 Å². The molecule has 17 heavy (non-hydrogen) atoms. The Bertz CT molecular complexity index is 592. The summed E-state index contributed by atoms with van der Waals surface area (Å²) in [6, 6.07) is 1.99. The Labute approximate surface area is 92.0 Å². The summed E-state index contributed by atoms with van der Waals surface area (Å²) in [7, 11) is 0. The van der Waals surface area contributed by atoms with Crippen molar-refractivity contribution < 1.29 is 17.6 Å². The van der Waals surface area contributed by atoms with Gasteiger partial charge >= 0.3 is 0 Å². The van der Waals surface area contributed by atoms with Gasteiger partial charge in [-0.1, -0.05) is 0 Å². The minimum atomic E-state index is -1.75. The normalized spacial score (nSPS) is 10.6. The molecule has 0 atom stereocenters. The number of hydrogen-bond acceptors (Lipinski definition) is 2. The van der Waals surface area contributed by atoms with Gasteiger partial charge in [-0.15, -0.1) is 0 Å². The Morgan fingerprint density at radius 2 is 1.41 bits per heavy atom. The van der Waals surface area contributed by atoms with Crippen LogP contribution in [0.5, 0.6) is 0 Å². The summed E-state index contributed by atoms with van der Waals surface area (Å²) < 4.78 is 53.0. The van der Waals surface area contributed by atoms with E-state index in [1.165, 1.54) is 0 Å². The molecule has 0 aromatic carbocycles. The highest BCUT2D eigenvalue weighted by Crippen LogP contribution is 2.20. The van der Waals surface area contributed by atoms with Gasteiger partial charge in [0.05, 0.1) is 0 Å². The number of aromatic nitrogens is 2. The van der Waals surface area contributed by atoms with Gasteiger partial charge in [-0.25, -0.2) is 0 Å². The van der Waals surface area contributed by atoms with Crippen molar-refractivity contribution in [2.45, 2.75) is 0 Å². The molecule has 0 radical (unpaired) electrons. The minimum Gasteiger partial charge on any atom is -0.318 e. The molecule has 0 N–H and O–H groups in total. The van der Waals surface area contributed by atoms with Gasteiger partial charge in [0.15, 0.2) is 5.43 Å². The van der Waals surface area contributed by atoms with E-state index in [9.17, 15) is 22.4 Å². The maximum atomic E-state index is 13.3. The van der Waals surface area contributed by atoms with E-state index in [2.05, 4.69) is 4.98 Å². The Hall–Kier alpha value is -2.18. The molecule has 0 spiro atoms. The SMILES string of the molecule is O=c1ccn(-c2c(F)c(F)nc(F)c2F)cc1. The van der Waals surface area contributed by atoms with E-state index in [4.69, 9.17) is 0 Å². The standard InChI is InChI=1S/C10H4F4N2O/c11-6-8(7(12)10(14)15-9(6)13)16-3-1-5(17)2-4-16/h1-4H. The van der Waals surface area contributed by atoms with Crippen LogP contribution in [-0.2, 0) is 0 Å². The largest absolute Gasteiger partial charge is 0.318 e. The van der Waals surface area contributed by atoms with Crippen LogP contribution >= 0.6 is 0 Å². The molecule has 0 amide bonds. The van der Waals surface area contributed by atoms with Crippen molar-refractivity contribution in [2.24, 2.45) is 0 Å². The molecule has 88 valence electrons. The van der Waals surface area contributed by atoms with Gasteiger partial charge in [0.2, 0.25) is 11.6 Å². The van der Waals surface area contributed by atoms with Gasteiger partial charge in [0.1, 0.15) is 5.69 Å². The predicted molar refractivity (Wildman–Crippen MR) is 49.7 cm³/mol. The second-order valence-corrected chi connectivity index (χ2v) is 3.11. The smallest absolute Gasteiger partial charge is 0.253 e. The Kier molecular flexibility index (Phi) is 2.66. The topological polar surface area (TPSA) is 34.9 Å². The fourth-order valence-corrected chi connectivity index (χ4v) is 1.26. The van der Waals surface area contributed by atoms with Crippen LogP contribution in [0.15, 0.2) is 29.3 Å². The molecule has 0 saturated heterocycles. The van der Waals surface area contributed by atoms with E-state index < -0.39 is 34.6 Å². The van der Waals surface area contributed by atoms with E-state index in [1.807, 2.05) is 0 Å². The number of hydrogen-bond donors (Lipinski definition) is 0. The maximum absolute atomic E-state index is 13.3. The lowest BCUT2D eigenvalue weighted by molar-refractivity contribution is 0.402. The third-order valence-electron chi connectivity index (χ3n) is 2.03. The first-order valence-electron chi connectivity index (χ1n) is 4.39. The molecule has 0 unspecified atom stereocenters. The van der Waals surface area contributed by atoms with Gasteiger partial charge in [0.25, 0.3) is 11.9 Å². The molecule has 0 saturated carbocycles. The molecular weight excluding hydrogens is 240 g/mol. The lowest BCUT2D eigenvalue weighted by Gasteiger charge is -2.08. The van der Waals surface area contributed by atoms with Crippen molar-refractivity contribution in [1.82, 2.24) is 9.55 Å². The van der Waals surface area contributed by atoms with E-state index in [1.54, 1.807) is 0 Å². The average molecular weight is 244 g/mol. The van der Waals surface area contributed by atoms with Gasteiger partial charge in [0, 0.05) is 24.5 Å². The number of rotatable bonds is 1. The average Bonchev–Trinajstić information content (AvgIpc) is 2.29. The van der Waals surface area contributed by atoms with Gasteiger partial charge in [-0.3, -0.25) is 4.79 Å². The highest BCUT2D eigenvalue weighted by Gasteiger charge is 2.21. The highest BCUT2D eigenvalue weighted by atomic mass is 19.2. The van der Waals surface area contributed by atoms with Crippen LogP contribution in [0.1, 0.15) is 0 Å². The summed E-state index contributed by atoms with van der Waals surface area (Å²) >= 11 is 0. The molecule has 7 heteroatoms. The summed E-state index contributed by atoms with van der Waals surface area (Å²) in [6.45, 7) is 0. The van der Waals surface area contributed by atoms with Gasteiger partial charge in [-0.05, 0) is 0 Å². The van der Waals surface area contributed by atoms with Crippen molar-refractivity contribution in [1.29, 1.82) is 0 Å². The van der Waals surface area contributed by atoms with Crippen LogP contribution < -0.4 is 5.43 Å². The molecule has 2 aromatic heterocycles. The van der Waals surface area contributed by atoms with E-state index in [-0.39, 0.29) is 0 Å². The van der Waals surface area contributed by atoms with Crippen molar-refractivity contribution in [3.8, 4) is 5.69 Å². The van der Waals surface area contributed by atoms with Crippen molar-refractivity contribution >= 4 is 0 Å². The van der Waals surface area contributed by atoms with Crippen molar-refractivity contribution in [3.63, 3.8) is 0 Å². The number of halogens is 4. The first-order chi connectivity index (χ1) is 8.00. The predicted octanol–water partition coefficient (Wildman–Crippen LogP) is 1.79. The minimum absolute atomic E-state index is 0.405. The maximum Gasteiger partial charge on any atom is 0.253 e. The second-order valence-electron chi connectivity index (χ2n) is 3.11. The fourth-order valence-electron chi connectivity index (χ4n) is 1.26. The van der Waals surface area contributed by atoms with Crippen LogP contribution in [0, 0.1) is 23.5 Å². The Balaban J connectivity index is 2.74. The first kappa shape index (κ1) is 11.3. The molecule has 2 heterocycles.